The first-order valence-corrected chi connectivity index (χ1v) is 12.4. The number of alkyl halides is 3. The molecule has 3 aliphatic carbocycles. The summed E-state index contributed by atoms with van der Waals surface area (Å²) in [4.78, 5) is 21.5. The third kappa shape index (κ3) is 5.03. The molecule has 2 aromatic rings. The predicted octanol–water partition coefficient (Wildman–Crippen LogP) is 4.67. The van der Waals surface area contributed by atoms with Crippen molar-refractivity contribution in [2.24, 2.45) is 5.92 Å². The summed E-state index contributed by atoms with van der Waals surface area (Å²) in [5, 5.41) is 6.05. The van der Waals surface area contributed by atoms with E-state index in [1.54, 1.807) is 13.8 Å². The molecule has 1 saturated heterocycles. The highest BCUT2D eigenvalue weighted by Crippen LogP contribution is 2.54. The van der Waals surface area contributed by atoms with E-state index in [2.05, 4.69) is 20.6 Å². The number of rotatable bonds is 8. The summed E-state index contributed by atoms with van der Waals surface area (Å²) in [6, 6.07) is 3.66. The molecular formula is C26H30F4N4O3. The number of carbonyl (C=O) groups excluding carboxylic acids is 1. The van der Waals surface area contributed by atoms with Crippen LogP contribution < -0.4 is 10.6 Å². The van der Waals surface area contributed by atoms with Gasteiger partial charge in [-0.25, -0.2) is 27.5 Å². The Bertz CT molecular complexity index is 1190. The maximum Gasteiger partial charge on any atom is 0.273 e. The largest absolute Gasteiger partial charge is 0.361 e. The third-order valence-corrected chi connectivity index (χ3v) is 7.49. The SMILES string of the molecule is CC(F)(F)c1cccc(C(C)(C)Nc2ncnc(CC(=O)N[C@@H]3CC4(F)CC3C4)c2C2OCCO2)c1F. The summed E-state index contributed by atoms with van der Waals surface area (Å²) in [5.41, 5.74) is -2.32. The van der Waals surface area contributed by atoms with Crippen LogP contribution in [0.25, 0.3) is 0 Å². The minimum absolute atomic E-state index is 0.0176. The molecule has 1 aliphatic heterocycles. The Morgan fingerprint density at radius 2 is 1.78 bits per heavy atom. The van der Waals surface area contributed by atoms with E-state index in [9.17, 15) is 18.0 Å². The number of anilines is 1. The van der Waals surface area contributed by atoms with E-state index in [-0.39, 0.29) is 35.7 Å². The first-order valence-electron chi connectivity index (χ1n) is 12.4. The average molecular weight is 523 g/mol. The van der Waals surface area contributed by atoms with Crippen LogP contribution in [0.5, 0.6) is 0 Å². The van der Waals surface area contributed by atoms with Gasteiger partial charge in [0, 0.05) is 24.9 Å². The van der Waals surface area contributed by atoms with Crippen LogP contribution in [0.15, 0.2) is 24.5 Å². The first kappa shape index (κ1) is 25.8. The van der Waals surface area contributed by atoms with Gasteiger partial charge in [0.2, 0.25) is 5.91 Å². The molecule has 4 aliphatic rings. The zero-order valence-corrected chi connectivity index (χ0v) is 20.9. The van der Waals surface area contributed by atoms with Crippen LogP contribution in [-0.2, 0) is 32.2 Å². The molecule has 1 amide bonds. The van der Waals surface area contributed by atoms with Gasteiger partial charge < -0.3 is 20.1 Å². The lowest BCUT2D eigenvalue weighted by Crippen LogP contribution is -2.38. The quantitative estimate of drug-likeness (QED) is 0.491. The Hall–Kier alpha value is -2.79. The normalized spacial score (nSPS) is 25.7. The Morgan fingerprint density at radius 1 is 1.11 bits per heavy atom. The Balaban J connectivity index is 1.42. The van der Waals surface area contributed by atoms with Gasteiger partial charge in [-0.3, -0.25) is 4.79 Å². The molecule has 2 bridgehead atoms. The van der Waals surface area contributed by atoms with Crippen molar-refractivity contribution < 1.29 is 31.8 Å². The minimum atomic E-state index is -3.36. The predicted molar refractivity (Wildman–Crippen MR) is 126 cm³/mol. The highest BCUT2D eigenvalue weighted by Gasteiger charge is 2.57. The standard InChI is InChI=1S/C26H30F4N4O3/c1-24(2,15-5-4-6-16(21(15)27)25(3,28)29)34-22-20(23-36-7-8-37-23)17(31-13-32-22)9-19(35)33-18-12-26(30)10-14(18)11-26/h4-6,13-14,18,23H,7-12H2,1-3H3,(H,33,35)(H,31,32,34)/t14?,18-,26?/m1/s1. The van der Waals surface area contributed by atoms with Gasteiger partial charge in [-0.05, 0) is 32.6 Å². The van der Waals surface area contributed by atoms with Crippen molar-refractivity contribution in [2.45, 2.75) is 75.9 Å². The molecule has 7 nitrogen and oxygen atoms in total. The fourth-order valence-corrected chi connectivity index (χ4v) is 5.63. The third-order valence-electron chi connectivity index (χ3n) is 7.49. The molecule has 2 heterocycles. The lowest BCUT2D eigenvalue weighted by atomic mass is 9.81. The highest BCUT2D eigenvalue weighted by atomic mass is 19.3. The summed E-state index contributed by atoms with van der Waals surface area (Å²) in [6.07, 6.45) is 1.54. The zero-order chi connectivity index (χ0) is 26.6. The molecule has 0 unspecified atom stereocenters. The molecule has 6 rings (SSSR count). The molecule has 4 fully saturated rings. The van der Waals surface area contributed by atoms with Crippen LogP contribution in [0.3, 0.4) is 0 Å². The maximum absolute atomic E-state index is 15.2. The molecule has 1 aromatic carbocycles. The molecule has 2 N–H and O–H groups in total. The number of carbonyl (C=O) groups is 1. The molecule has 1 atom stereocenters. The summed E-state index contributed by atoms with van der Waals surface area (Å²) in [5.74, 6) is -4.30. The Morgan fingerprint density at radius 3 is 2.41 bits per heavy atom. The van der Waals surface area contributed by atoms with Gasteiger partial charge >= 0.3 is 0 Å². The van der Waals surface area contributed by atoms with E-state index in [0.29, 0.717) is 50.7 Å². The van der Waals surface area contributed by atoms with E-state index in [1.807, 2.05) is 0 Å². The fourth-order valence-electron chi connectivity index (χ4n) is 5.63. The molecule has 0 radical (unpaired) electrons. The summed E-state index contributed by atoms with van der Waals surface area (Å²) in [7, 11) is 0. The van der Waals surface area contributed by atoms with Crippen LogP contribution in [0.1, 0.15) is 68.7 Å². The van der Waals surface area contributed by atoms with Crippen LogP contribution in [-0.4, -0.2) is 40.8 Å². The second-order valence-corrected chi connectivity index (χ2v) is 10.8. The van der Waals surface area contributed by atoms with Crippen molar-refractivity contribution in [3.63, 3.8) is 0 Å². The number of hydrogen-bond donors (Lipinski definition) is 2. The average Bonchev–Trinajstić information content (AvgIpc) is 3.48. The number of nitrogens with zero attached hydrogens (tertiary/aromatic N) is 2. The topological polar surface area (TPSA) is 85.4 Å². The van der Waals surface area contributed by atoms with Crippen LogP contribution in [0.4, 0.5) is 23.4 Å². The van der Waals surface area contributed by atoms with E-state index in [0.717, 1.165) is 6.07 Å². The number of hydrogen-bond acceptors (Lipinski definition) is 6. The van der Waals surface area contributed by atoms with Gasteiger partial charge in [0.25, 0.3) is 5.92 Å². The van der Waals surface area contributed by atoms with E-state index >= 15 is 4.39 Å². The van der Waals surface area contributed by atoms with Gasteiger partial charge in [-0.2, -0.15) is 0 Å². The van der Waals surface area contributed by atoms with Crippen molar-refractivity contribution in [3.8, 4) is 0 Å². The number of halogens is 4. The van der Waals surface area contributed by atoms with Crippen molar-refractivity contribution in [1.82, 2.24) is 15.3 Å². The van der Waals surface area contributed by atoms with Gasteiger partial charge in [-0.1, -0.05) is 18.2 Å². The number of fused-ring (bicyclic) bond motifs is 1. The number of amides is 1. The number of nitrogens with one attached hydrogen (secondary N) is 2. The first-order chi connectivity index (χ1) is 17.4. The van der Waals surface area contributed by atoms with E-state index < -0.39 is 34.8 Å². The minimum Gasteiger partial charge on any atom is -0.361 e. The smallest absolute Gasteiger partial charge is 0.273 e. The molecule has 1 aromatic heterocycles. The molecule has 3 saturated carbocycles. The monoisotopic (exact) mass is 522 g/mol. The fraction of sp³-hybridized carbons (Fsp3) is 0.577. The van der Waals surface area contributed by atoms with Gasteiger partial charge in [0.05, 0.1) is 42.0 Å². The molecule has 0 spiro atoms. The summed E-state index contributed by atoms with van der Waals surface area (Å²) < 4.78 is 68.8. The summed E-state index contributed by atoms with van der Waals surface area (Å²) in [6.45, 7) is 4.55. The van der Waals surface area contributed by atoms with Gasteiger partial charge in [0.1, 0.15) is 23.6 Å². The zero-order valence-electron chi connectivity index (χ0n) is 20.9. The molecule has 11 heteroatoms. The molecular weight excluding hydrogens is 492 g/mol. The Kier molecular flexibility index (Phi) is 6.42. The van der Waals surface area contributed by atoms with E-state index in [4.69, 9.17) is 9.47 Å². The van der Waals surface area contributed by atoms with Gasteiger partial charge in [-0.15, -0.1) is 0 Å². The summed E-state index contributed by atoms with van der Waals surface area (Å²) >= 11 is 0. The maximum atomic E-state index is 15.2. The number of benzene rings is 1. The van der Waals surface area contributed by atoms with Crippen molar-refractivity contribution in [1.29, 1.82) is 0 Å². The van der Waals surface area contributed by atoms with E-state index in [1.165, 1.54) is 18.5 Å². The number of aromatic nitrogens is 2. The Labute approximate surface area is 212 Å². The van der Waals surface area contributed by atoms with Crippen molar-refractivity contribution in [2.75, 3.05) is 18.5 Å². The molecule has 200 valence electrons. The lowest BCUT2D eigenvalue weighted by Gasteiger charge is -2.31. The second kappa shape index (κ2) is 9.20. The van der Waals surface area contributed by atoms with Gasteiger partial charge in [0.15, 0.2) is 6.29 Å². The van der Waals surface area contributed by atoms with Crippen molar-refractivity contribution in [3.05, 3.63) is 52.7 Å². The van der Waals surface area contributed by atoms with Crippen molar-refractivity contribution >= 4 is 11.7 Å². The second-order valence-electron chi connectivity index (χ2n) is 10.8. The molecule has 37 heavy (non-hydrogen) atoms. The highest BCUT2D eigenvalue weighted by molar-refractivity contribution is 5.79. The van der Waals surface area contributed by atoms with Crippen LogP contribution in [0, 0.1) is 11.7 Å². The number of ether oxygens (including phenoxy) is 2. The van der Waals surface area contributed by atoms with Crippen LogP contribution >= 0.6 is 0 Å². The lowest BCUT2D eigenvalue weighted by molar-refractivity contribution is -0.121. The van der Waals surface area contributed by atoms with Crippen LogP contribution in [0.2, 0.25) is 0 Å².